The summed E-state index contributed by atoms with van der Waals surface area (Å²) < 4.78 is 29.3. The van der Waals surface area contributed by atoms with Gasteiger partial charge in [0.2, 0.25) is 0 Å². The lowest BCUT2D eigenvalue weighted by Gasteiger charge is -2.32. The normalized spacial score (nSPS) is 15.5. The van der Waals surface area contributed by atoms with Gasteiger partial charge in [-0.25, -0.2) is 8.42 Å². The highest BCUT2D eigenvalue weighted by Crippen LogP contribution is 2.25. The number of hydrogen-bond acceptors (Lipinski definition) is 4. The van der Waals surface area contributed by atoms with Crippen molar-refractivity contribution in [2.45, 2.75) is 38.1 Å². The van der Waals surface area contributed by atoms with E-state index in [1.54, 1.807) is 12.1 Å². The van der Waals surface area contributed by atoms with Crippen molar-refractivity contribution >= 4 is 9.84 Å². The van der Waals surface area contributed by atoms with E-state index in [0.29, 0.717) is 10.8 Å². The second-order valence-electron chi connectivity index (χ2n) is 9.27. The molecule has 0 spiro atoms. The number of ether oxygens (including phenoxy) is 1. The van der Waals surface area contributed by atoms with Gasteiger partial charge in [0.25, 0.3) is 0 Å². The molecule has 33 heavy (non-hydrogen) atoms. The highest BCUT2D eigenvalue weighted by molar-refractivity contribution is 7.90. The topological polar surface area (TPSA) is 46.6 Å². The molecule has 1 saturated heterocycles. The van der Waals surface area contributed by atoms with Gasteiger partial charge in [0, 0.05) is 12.8 Å². The minimum Gasteiger partial charge on any atom is -0.493 e. The molecular weight excluding hydrogens is 430 g/mol. The van der Waals surface area contributed by atoms with Crippen LogP contribution in [0.2, 0.25) is 0 Å². The van der Waals surface area contributed by atoms with Gasteiger partial charge in [-0.2, -0.15) is 0 Å². The van der Waals surface area contributed by atoms with Crippen molar-refractivity contribution in [1.82, 2.24) is 4.90 Å². The Kier molecular flexibility index (Phi) is 7.20. The van der Waals surface area contributed by atoms with Crippen molar-refractivity contribution in [1.29, 1.82) is 0 Å². The van der Waals surface area contributed by atoms with Gasteiger partial charge in [0.05, 0.1) is 11.5 Å². The number of sulfone groups is 1. The van der Waals surface area contributed by atoms with E-state index in [1.165, 1.54) is 22.9 Å². The predicted octanol–water partition coefficient (Wildman–Crippen LogP) is 5.66. The first-order chi connectivity index (χ1) is 15.8. The Morgan fingerprint density at radius 2 is 1.45 bits per heavy atom. The molecule has 174 valence electrons. The van der Waals surface area contributed by atoms with Crippen molar-refractivity contribution < 1.29 is 13.2 Å². The van der Waals surface area contributed by atoms with Crippen molar-refractivity contribution in [3.8, 4) is 16.9 Å². The van der Waals surface area contributed by atoms with Crippen LogP contribution >= 0.6 is 0 Å². The van der Waals surface area contributed by atoms with E-state index in [1.807, 2.05) is 36.4 Å². The first kappa shape index (κ1) is 23.5. The summed E-state index contributed by atoms with van der Waals surface area (Å²) in [5.74, 6) is 1.47. The van der Waals surface area contributed by atoms with Crippen LogP contribution in [0.4, 0.5) is 0 Å². The first-order valence-corrected chi connectivity index (χ1v) is 13.5. The molecule has 0 atom stereocenters. The molecule has 1 aliphatic rings. The van der Waals surface area contributed by atoms with Crippen molar-refractivity contribution in [3.63, 3.8) is 0 Å². The lowest BCUT2D eigenvalue weighted by molar-refractivity contribution is 0.136. The van der Waals surface area contributed by atoms with Crippen LogP contribution in [-0.4, -0.2) is 39.3 Å². The molecule has 1 aliphatic heterocycles. The number of aryl methyl sites for hydroxylation is 2. The number of nitrogens with zero attached hydrogens (tertiary/aromatic N) is 1. The van der Waals surface area contributed by atoms with E-state index in [-0.39, 0.29) is 0 Å². The van der Waals surface area contributed by atoms with Crippen molar-refractivity contribution in [3.05, 3.63) is 83.4 Å². The smallest absolute Gasteiger partial charge is 0.175 e. The monoisotopic (exact) mass is 463 g/mol. The second-order valence-corrected chi connectivity index (χ2v) is 11.3. The zero-order valence-corrected chi connectivity index (χ0v) is 20.6. The number of hydrogen-bond donors (Lipinski definition) is 0. The lowest BCUT2D eigenvalue weighted by atomic mass is 9.97. The first-order valence-electron chi connectivity index (χ1n) is 11.6. The maximum Gasteiger partial charge on any atom is 0.175 e. The summed E-state index contributed by atoms with van der Waals surface area (Å²) in [5.41, 5.74) is 6.16. The number of piperidine rings is 1. The minimum atomic E-state index is -3.17. The van der Waals surface area contributed by atoms with E-state index < -0.39 is 9.84 Å². The fourth-order valence-corrected chi connectivity index (χ4v) is 4.95. The van der Waals surface area contributed by atoms with Gasteiger partial charge in [-0.3, -0.25) is 4.90 Å². The summed E-state index contributed by atoms with van der Waals surface area (Å²) >= 11 is 0. The molecule has 0 amide bonds. The van der Waals surface area contributed by atoms with E-state index in [2.05, 4.69) is 36.9 Å². The average Bonchev–Trinajstić information content (AvgIpc) is 2.81. The Bertz CT molecular complexity index is 1180. The molecule has 0 bridgehead atoms. The van der Waals surface area contributed by atoms with E-state index in [9.17, 15) is 8.42 Å². The van der Waals surface area contributed by atoms with Gasteiger partial charge < -0.3 is 4.74 Å². The molecule has 4 nitrogen and oxygen atoms in total. The summed E-state index contributed by atoms with van der Waals surface area (Å²) in [6, 6.07) is 21.8. The van der Waals surface area contributed by atoms with Crippen LogP contribution in [0.1, 0.15) is 29.5 Å². The van der Waals surface area contributed by atoms with Crippen LogP contribution in [-0.2, 0) is 16.4 Å². The van der Waals surface area contributed by atoms with Crippen LogP contribution in [0, 0.1) is 19.8 Å². The molecule has 0 saturated carbocycles. The SMILES string of the molecule is Cc1ccc(CN2CCC(COc3ccc(-c4ccc(S(C)(=O)=O)cc4)cc3)CC2)cc1C. The highest BCUT2D eigenvalue weighted by Gasteiger charge is 2.20. The van der Waals surface area contributed by atoms with Crippen LogP contribution in [0.25, 0.3) is 11.1 Å². The van der Waals surface area contributed by atoms with E-state index >= 15 is 0 Å². The average molecular weight is 464 g/mol. The molecule has 0 unspecified atom stereocenters. The molecule has 0 aliphatic carbocycles. The fraction of sp³-hybridized carbons (Fsp3) is 0.357. The molecule has 3 aromatic carbocycles. The predicted molar refractivity (Wildman–Crippen MR) is 134 cm³/mol. The third-order valence-corrected chi connectivity index (χ3v) is 7.77. The Labute approximate surface area is 198 Å². The van der Waals surface area contributed by atoms with Gasteiger partial charge in [0.15, 0.2) is 9.84 Å². The summed E-state index contributed by atoms with van der Waals surface area (Å²) in [6.45, 7) is 8.35. The molecule has 0 aromatic heterocycles. The minimum absolute atomic E-state index is 0.339. The summed E-state index contributed by atoms with van der Waals surface area (Å²) in [6.07, 6.45) is 3.55. The summed E-state index contributed by atoms with van der Waals surface area (Å²) in [5, 5.41) is 0. The van der Waals surface area contributed by atoms with Crippen LogP contribution in [0.15, 0.2) is 71.6 Å². The van der Waals surface area contributed by atoms with Gasteiger partial charge in [0.1, 0.15) is 5.75 Å². The molecule has 1 heterocycles. The Hall–Kier alpha value is -2.63. The summed E-state index contributed by atoms with van der Waals surface area (Å²) in [7, 11) is -3.17. The molecule has 1 fully saturated rings. The van der Waals surface area contributed by atoms with E-state index in [0.717, 1.165) is 56.0 Å². The Morgan fingerprint density at radius 3 is 2.03 bits per heavy atom. The molecule has 4 rings (SSSR count). The molecular formula is C28H33NO3S. The molecule has 0 radical (unpaired) electrons. The van der Waals surface area contributed by atoms with Gasteiger partial charge in [-0.1, -0.05) is 42.5 Å². The van der Waals surface area contributed by atoms with Crippen LogP contribution in [0.3, 0.4) is 0 Å². The third kappa shape index (κ3) is 6.24. The van der Waals surface area contributed by atoms with Crippen LogP contribution in [0.5, 0.6) is 5.75 Å². The fourth-order valence-electron chi connectivity index (χ4n) is 4.32. The second kappa shape index (κ2) is 10.1. The molecule has 3 aromatic rings. The number of likely N-dealkylation sites (tertiary alicyclic amines) is 1. The zero-order valence-electron chi connectivity index (χ0n) is 19.8. The van der Waals surface area contributed by atoms with Gasteiger partial charge in [-0.05, 0) is 97.8 Å². The van der Waals surface area contributed by atoms with Crippen molar-refractivity contribution in [2.75, 3.05) is 26.0 Å². The highest BCUT2D eigenvalue weighted by atomic mass is 32.2. The van der Waals surface area contributed by atoms with E-state index in [4.69, 9.17) is 4.74 Å². The maximum absolute atomic E-state index is 11.6. The lowest BCUT2D eigenvalue weighted by Crippen LogP contribution is -2.35. The zero-order chi connectivity index (χ0) is 23.4. The Morgan fingerprint density at radius 1 is 0.848 bits per heavy atom. The maximum atomic E-state index is 11.6. The standard InChI is InChI=1S/C28H33NO3S/c1-21-4-5-24(18-22(21)2)19-29-16-14-23(15-17-29)20-32-27-10-6-25(7-11-27)26-8-12-28(13-9-26)33(3,30)31/h4-13,18,23H,14-17,19-20H2,1-3H3. The van der Waals surface area contributed by atoms with Gasteiger partial charge >= 0.3 is 0 Å². The largest absolute Gasteiger partial charge is 0.493 e. The Balaban J connectivity index is 1.25. The van der Waals surface area contributed by atoms with Crippen molar-refractivity contribution in [2.24, 2.45) is 5.92 Å². The summed E-state index contributed by atoms with van der Waals surface area (Å²) in [4.78, 5) is 2.89. The number of rotatable bonds is 7. The number of benzene rings is 3. The van der Waals surface area contributed by atoms with Gasteiger partial charge in [-0.15, -0.1) is 0 Å². The quantitative estimate of drug-likeness (QED) is 0.453. The third-order valence-electron chi connectivity index (χ3n) is 6.64. The van der Waals surface area contributed by atoms with Crippen LogP contribution < -0.4 is 4.74 Å². The molecule has 0 N–H and O–H groups in total. The molecule has 5 heteroatoms.